The zero-order valence-electron chi connectivity index (χ0n) is 9.80. The molecule has 0 amide bonds. The van der Waals surface area contributed by atoms with Crippen LogP contribution in [0.1, 0.15) is 16.8 Å². The molecule has 0 saturated carbocycles. The smallest absolute Gasteiger partial charge is 0.335 e. The van der Waals surface area contributed by atoms with Gasteiger partial charge in [-0.1, -0.05) is 12.1 Å². The van der Waals surface area contributed by atoms with Crippen LogP contribution in [-0.2, 0) is 0 Å². The van der Waals surface area contributed by atoms with E-state index < -0.39 is 5.97 Å². The first-order chi connectivity index (χ1) is 8.70. The number of rotatable bonds is 5. The minimum absolute atomic E-state index is 0.107. The molecule has 4 heteroatoms. The Bertz CT molecular complexity index is 563. The lowest BCUT2D eigenvalue weighted by Gasteiger charge is -2.06. The summed E-state index contributed by atoms with van der Waals surface area (Å²) in [5.74, 6) is -0.209. The van der Waals surface area contributed by atoms with Gasteiger partial charge in [0.1, 0.15) is 5.75 Å². The SMILES string of the molecule is O=C(O)c1ccc2cc(OCCCO)ccc2c1. The quantitative estimate of drug-likeness (QED) is 0.794. The minimum Gasteiger partial charge on any atom is -0.493 e. The number of ether oxygens (including phenoxy) is 1. The third-order valence-corrected chi connectivity index (χ3v) is 2.63. The van der Waals surface area contributed by atoms with Gasteiger partial charge in [0.25, 0.3) is 0 Å². The second-order valence-electron chi connectivity index (χ2n) is 3.95. The minimum atomic E-state index is -0.930. The Kier molecular flexibility index (Phi) is 3.79. The van der Waals surface area contributed by atoms with Crippen molar-refractivity contribution in [3.63, 3.8) is 0 Å². The highest BCUT2D eigenvalue weighted by Gasteiger charge is 2.04. The number of aromatic carboxylic acids is 1. The maximum Gasteiger partial charge on any atom is 0.335 e. The molecule has 0 heterocycles. The molecule has 0 aromatic heterocycles. The number of hydrogen-bond donors (Lipinski definition) is 2. The number of carbonyl (C=O) groups is 1. The summed E-state index contributed by atoms with van der Waals surface area (Å²) in [6.45, 7) is 0.574. The summed E-state index contributed by atoms with van der Waals surface area (Å²) >= 11 is 0. The molecule has 0 aliphatic rings. The van der Waals surface area contributed by atoms with E-state index in [0.717, 1.165) is 16.5 Å². The highest BCUT2D eigenvalue weighted by atomic mass is 16.5. The standard InChI is InChI=1S/C14H14O4/c15-6-1-7-18-13-5-4-10-8-12(14(16)17)3-2-11(10)9-13/h2-5,8-9,15H,1,6-7H2,(H,16,17). The number of carboxylic acid groups (broad SMARTS) is 1. The molecule has 2 aromatic carbocycles. The topological polar surface area (TPSA) is 66.8 Å². The Morgan fingerprint density at radius 2 is 1.83 bits per heavy atom. The third kappa shape index (κ3) is 2.78. The van der Waals surface area contributed by atoms with Crippen LogP contribution in [0.3, 0.4) is 0 Å². The summed E-state index contributed by atoms with van der Waals surface area (Å²) in [6, 6.07) is 10.5. The van der Waals surface area contributed by atoms with Gasteiger partial charge in [0.15, 0.2) is 0 Å². The van der Waals surface area contributed by atoms with Crippen LogP contribution in [0.25, 0.3) is 10.8 Å². The van der Waals surface area contributed by atoms with Crippen molar-refractivity contribution in [2.75, 3.05) is 13.2 Å². The number of fused-ring (bicyclic) bond motifs is 1. The Labute approximate surface area is 104 Å². The van der Waals surface area contributed by atoms with Crippen molar-refractivity contribution < 1.29 is 19.7 Å². The largest absolute Gasteiger partial charge is 0.493 e. The van der Waals surface area contributed by atoms with E-state index in [1.165, 1.54) is 0 Å². The van der Waals surface area contributed by atoms with Gasteiger partial charge in [0.05, 0.1) is 12.2 Å². The van der Waals surface area contributed by atoms with E-state index in [9.17, 15) is 4.79 Å². The van der Waals surface area contributed by atoms with Crippen molar-refractivity contribution in [3.8, 4) is 5.75 Å². The van der Waals surface area contributed by atoms with E-state index in [-0.39, 0.29) is 12.2 Å². The molecule has 18 heavy (non-hydrogen) atoms. The van der Waals surface area contributed by atoms with Crippen LogP contribution in [-0.4, -0.2) is 29.4 Å². The summed E-state index contributed by atoms with van der Waals surface area (Å²) in [4.78, 5) is 10.8. The van der Waals surface area contributed by atoms with Gasteiger partial charge in [-0.25, -0.2) is 4.79 Å². The van der Waals surface area contributed by atoms with E-state index >= 15 is 0 Å². The molecule has 0 bridgehead atoms. The van der Waals surface area contributed by atoms with Crippen LogP contribution in [0.4, 0.5) is 0 Å². The molecule has 0 fully saturated rings. The number of carboxylic acids is 1. The molecule has 0 radical (unpaired) electrons. The first kappa shape index (κ1) is 12.4. The predicted molar refractivity (Wildman–Crippen MR) is 68.1 cm³/mol. The maximum atomic E-state index is 10.8. The molecule has 2 aromatic rings. The van der Waals surface area contributed by atoms with Gasteiger partial charge in [-0.2, -0.15) is 0 Å². The molecular formula is C14H14O4. The number of hydrogen-bond acceptors (Lipinski definition) is 3. The summed E-state index contributed by atoms with van der Waals surface area (Å²) in [5.41, 5.74) is 0.274. The van der Waals surface area contributed by atoms with Gasteiger partial charge in [-0.3, -0.25) is 0 Å². The van der Waals surface area contributed by atoms with E-state index in [1.54, 1.807) is 24.3 Å². The fraction of sp³-hybridized carbons (Fsp3) is 0.214. The summed E-state index contributed by atoms with van der Waals surface area (Å²) in [7, 11) is 0. The second kappa shape index (κ2) is 5.51. The van der Waals surface area contributed by atoms with Gasteiger partial charge in [-0.15, -0.1) is 0 Å². The Morgan fingerprint density at radius 1 is 1.11 bits per heavy atom. The van der Waals surface area contributed by atoms with Crippen LogP contribution in [0.5, 0.6) is 5.75 Å². The van der Waals surface area contributed by atoms with Crippen molar-refractivity contribution in [1.29, 1.82) is 0 Å². The Morgan fingerprint density at radius 3 is 2.56 bits per heavy atom. The molecule has 0 atom stereocenters. The first-order valence-electron chi connectivity index (χ1n) is 5.71. The van der Waals surface area contributed by atoms with E-state index in [2.05, 4.69) is 0 Å². The number of aliphatic hydroxyl groups excluding tert-OH is 1. The number of aliphatic hydroxyl groups is 1. The van der Waals surface area contributed by atoms with Gasteiger partial charge >= 0.3 is 5.97 Å². The van der Waals surface area contributed by atoms with Crippen molar-refractivity contribution in [2.45, 2.75) is 6.42 Å². The molecule has 0 aliphatic carbocycles. The van der Waals surface area contributed by atoms with Crippen LogP contribution < -0.4 is 4.74 Å². The van der Waals surface area contributed by atoms with Gasteiger partial charge < -0.3 is 14.9 Å². The van der Waals surface area contributed by atoms with Crippen LogP contribution in [0, 0.1) is 0 Å². The summed E-state index contributed by atoms with van der Waals surface area (Å²) < 4.78 is 5.46. The molecule has 0 aliphatic heterocycles. The average Bonchev–Trinajstić information content (AvgIpc) is 2.38. The lowest BCUT2D eigenvalue weighted by Crippen LogP contribution is -1.99. The van der Waals surface area contributed by atoms with Crippen molar-refractivity contribution in [3.05, 3.63) is 42.0 Å². The predicted octanol–water partition coefficient (Wildman–Crippen LogP) is 2.30. The molecule has 0 saturated heterocycles. The Hall–Kier alpha value is -2.07. The average molecular weight is 246 g/mol. The Balaban J connectivity index is 2.24. The zero-order chi connectivity index (χ0) is 13.0. The summed E-state index contributed by atoms with van der Waals surface area (Å²) in [5, 5.41) is 19.4. The molecule has 0 unspecified atom stereocenters. The molecule has 4 nitrogen and oxygen atoms in total. The van der Waals surface area contributed by atoms with Crippen LogP contribution in [0.2, 0.25) is 0 Å². The van der Waals surface area contributed by atoms with Crippen molar-refractivity contribution >= 4 is 16.7 Å². The normalized spacial score (nSPS) is 10.5. The van der Waals surface area contributed by atoms with Gasteiger partial charge in [0.2, 0.25) is 0 Å². The van der Waals surface area contributed by atoms with Gasteiger partial charge in [-0.05, 0) is 35.0 Å². The van der Waals surface area contributed by atoms with Crippen LogP contribution >= 0.6 is 0 Å². The monoisotopic (exact) mass is 246 g/mol. The summed E-state index contributed by atoms with van der Waals surface area (Å²) in [6.07, 6.45) is 0.593. The fourth-order valence-corrected chi connectivity index (χ4v) is 1.70. The van der Waals surface area contributed by atoms with Crippen molar-refractivity contribution in [1.82, 2.24) is 0 Å². The highest BCUT2D eigenvalue weighted by molar-refractivity contribution is 5.94. The lowest BCUT2D eigenvalue weighted by atomic mass is 10.1. The molecule has 0 spiro atoms. The fourth-order valence-electron chi connectivity index (χ4n) is 1.70. The molecule has 94 valence electrons. The van der Waals surface area contributed by atoms with E-state index in [1.807, 2.05) is 12.1 Å². The highest BCUT2D eigenvalue weighted by Crippen LogP contribution is 2.22. The van der Waals surface area contributed by atoms with E-state index in [4.69, 9.17) is 14.9 Å². The van der Waals surface area contributed by atoms with E-state index in [0.29, 0.717) is 13.0 Å². The van der Waals surface area contributed by atoms with Gasteiger partial charge in [0, 0.05) is 13.0 Å². The lowest BCUT2D eigenvalue weighted by molar-refractivity contribution is 0.0697. The third-order valence-electron chi connectivity index (χ3n) is 2.63. The zero-order valence-corrected chi connectivity index (χ0v) is 9.80. The van der Waals surface area contributed by atoms with Crippen LogP contribution in [0.15, 0.2) is 36.4 Å². The molecular weight excluding hydrogens is 232 g/mol. The second-order valence-corrected chi connectivity index (χ2v) is 3.95. The first-order valence-corrected chi connectivity index (χ1v) is 5.71. The maximum absolute atomic E-state index is 10.8. The van der Waals surface area contributed by atoms with Crippen molar-refractivity contribution in [2.24, 2.45) is 0 Å². The molecule has 2 rings (SSSR count). The molecule has 2 N–H and O–H groups in total. The number of benzene rings is 2.